The van der Waals surface area contributed by atoms with Crippen LogP contribution in [0.1, 0.15) is 17.5 Å². The first-order chi connectivity index (χ1) is 11.0. The van der Waals surface area contributed by atoms with Crippen LogP contribution in [-0.4, -0.2) is 33.2 Å². The molecule has 0 aliphatic heterocycles. The van der Waals surface area contributed by atoms with Crippen molar-refractivity contribution in [2.75, 3.05) is 7.11 Å². The average molecular weight is 324 g/mol. The van der Waals surface area contributed by atoms with E-state index < -0.39 is 23.8 Å². The van der Waals surface area contributed by atoms with Crippen LogP contribution in [0.3, 0.4) is 0 Å². The van der Waals surface area contributed by atoms with Crippen molar-refractivity contribution in [1.29, 1.82) is 0 Å². The lowest BCUT2D eigenvalue weighted by Gasteiger charge is -2.12. The molecular formula is C14H14F2N4O3. The lowest BCUT2D eigenvalue weighted by Crippen LogP contribution is -2.20. The number of ether oxygens (including phenoxy) is 1. The molecule has 0 aliphatic rings. The molecule has 1 aromatic heterocycles. The highest BCUT2D eigenvalue weighted by atomic mass is 19.2. The molecule has 2 aromatic rings. The summed E-state index contributed by atoms with van der Waals surface area (Å²) in [4.78, 5) is 10.9. The third-order valence-corrected chi connectivity index (χ3v) is 2.86. The molecule has 1 unspecified atom stereocenters. The van der Waals surface area contributed by atoms with E-state index in [9.17, 15) is 18.7 Å². The van der Waals surface area contributed by atoms with Crippen molar-refractivity contribution in [2.45, 2.75) is 12.8 Å². The summed E-state index contributed by atoms with van der Waals surface area (Å²) in [5.74, 6) is -2.56. The van der Waals surface area contributed by atoms with Crippen molar-refractivity contribution in [3.8, 4) is 0 Å². The van der Waals surface area contributed by atoms with Gasteiger partial charge in [0.15, 0.2) is 11.6 Å². The Morgan fingerprint density at radius 2 is 2.26 bits per heavy atom. The van der Waals surface area contributed by atoms with Crippen LogP contribution >= 0.6 is 0 Å². The highest BCUT2D eigenvalue weighted by Gasteiger charge is 2.11. The molecule has 1 atom stereocenters. The van der Waals surface area contributed by atoms with Gasteiger partial charge in [0, 0.05) is 18.8 Å². The van der Waals surface area contributed by atoms with Crippen molar-refractivity contribution in [1.82, 2.24) is 20.3 Å². The van der Waals surface area contributed by atoms with Crippen LogP contribution in [0.2, 0.25) is 0 Å². The van der Waals surface area contributed by atoms with Gasteiger partial charge in [-0.25, -0.2) is 18.3 Å². The fourth-order valence-corrected chi connectivity index (χ4v) is 1.67. The van der Waals surface area contributed by atoms with Gasteiger partial charge >= 0.3 is 5.97 Å². The maximum Gasteiger partial charge on any atom is 0.332 e. The second kappa shape index (κ2) is 7.56. The molecule has 0 saturated heterocycles. The van der Waals surface area contributed by atoms with Gasteiger partial charge in [0.2, 0.25) is 0 Å². The molecule has 0 amide bonds. The monoisotopic (exact) mass is 324 g/mol. The smallest absolute Gasteiger partial charge is 0.332 e. The number of hydrogen-bond donors (Lipinski definition) is 2. The third kappa shape index (κ3) is 4.66. The maximum absolute atomic E-state index is 13.1. The fraction of sp³-hybridized carbons (Fsp3) is 0.214. The van der Waals surface area contributed by atoms with Gasteiger partial charge in [-0.15, -0.1) is 5.10 Å². The Kier molecular flexibility index (Phi) is 5.50. The highest BCUT2D eigenvalue weighted by Crippen LogP contribution is 2.14. The number of esters is 1. The van der Waals surface area contributed by atoms with Crippen LogP contribution < -0.4 is 5.32 Å². The zero-order valence-electron chi connectivity index (χ0n) is 12.1. The van der Waals surface area contributed by atoms with Gasteiger partial charge in [-0.3, -0.25) is 5.32 Å². The second-order valence-corrected chi connectivity index (χ2v) is 4.49. The standard InChI is InChI=1S/C14H14F2N4O3/c1-23-13(21)4-5-20-8-10(18-19-20)7-17-14(22)9-2-3-11(15)12(16)6-9/h2-6,8,14,17,22H,7H2,1H3/b5-4+. The Morgan fingerprint density at radius 3 is 2.96 bits per heavy atom. The molecule has 1 aromatic carbocycles. The van der Waals surface area contributed by atoms with E-state index >= 15 is 0 Å². The summed E-state index contributed by atoms with van der Waals surface area (Å²) in [5.41, 5.74) is 0.656. The normalized spacial score (nSPS) is 12.5. The molecule has 0 radical (unpaired) electrons. The summed E-state index contributed by atoms with van der Waals surface area (Å²) in [6.07, 6.45) is 2.85. The Labute approximate surface area is 130 Å². The van der Waals surface area contributed by atoms with Crippen LogP contribution in [0.25, 0.3) is 6.20 Å². The number of methoxy groups -OCH3 is 1. The lowest BCUT2D eigenvalue weighted by atomic mass is 10.2. The molecule has 1 heterocycles. The van der Waals surface area contributed by atoms with Crippen LogP contribution in [-0.2, 0) is 16.1 Å². The minimum Gasteiger partial charge on any atom is -0.466 e. The molecule has 0 bridgehead atoms. The van der Waals surface area contributed by atoms with Crippen LogP contribution in [0.4, 0.5) is 8.78 Å². The van der Waals surface area contributed by atoms with E-state index in [1.54, 1.807) is 0 Å². The number of carbonyl (C=O) groups excluding carboxylic acids is 1. The number of nitrogens with one attached hydrogen (secondary N) is 1. The van der Waals surface area contributed by atoms with Crippen LogP contribution in [0.5, 0.6) is 0 Å². The van der Waals surface area contributed by atoms with Gasteiger partial charge in [0.25, 0.3) is 0 Å². The molecule has 0 spiro atoms. The number of halogens is 2. The van der Waals surface area contributed by atoms with E-state index in [-0.39, 0.29) is 12.1 Å². The summed E-state index contributed by atoms with van der Waals surface area (Å²) < 4.78 is 31.7. The first kappa shape index (κ1) is 16.7. The molecule has 0 aliphatic carbocycles. The van der Waals surface area contributed by atoms with Gasteiger partial charge in [0.05, 0.1) is 19.0 Å². The maximum atomic E-state index is 13.1. The molecular weight excluding hydrogens is 310 g/mol. The number of carbonyl (C=O) groups is 1. The molecule has 23 heavy (non-hydrogen) atoms. The van der Waals surface area contributed by atoms with Crippen molar-refractivity contribution >= 4 is 12.2 Å². The molecule has 2 rings (SSSR count). The van der Waals surface area contributed by atoms with Crippen LogP contribution in [0, 0.1) is 11.6 Å². The second-order valence-electron chi connectivity index (χ2n) is 4.49. The predicted octanol–water partition coefficient (Wildman–Crippen LogP) is 0.981. The summed E-state index contributed by atoms with van der Waals surface area (Å²) in [7, 11) is 1.25. The number of aliphatic hydroxyl groups excluding tert-OH is 1. The van der Waals surface area contributed by atoms with E-state index in [2.05, 4.69) is 20.4 Å². The third-order valence-electron chi connectivity index (χ3n) is 2.86. The number of aliphatic hydroxyl groups is 1. The van der Waals surface area contributed by atoms with Gasteiger partial charge in [0.1, 0.15) is 6.23 Å². The quantitative estimate of drug-likeness (QED) is 0.468. The highest BCUT2D eigenvalue weighted by molar-refractivity contribution is 5.84. The van der Waals surface area contributed by atoms with Gasteiger partial charge < -0.3 is 9.84 Å². The number of benzene rings is 1. The lowest BCUT2D eigenvalue weighted by molar-refractivity contribution is -0.134. The van der Waals surface area contributed by atoms with Gasteiger partial charge in [-0.2, -0.15) is 0 Å². The zero-order chi connectivity index (χ0) is 16.8. The molecule has 0 saturated carbocycles. The average Bonchev–Trinajstić information content (AvgIpc) is 3.00. The Hall–Kier alpha value is -2.65. The van der Waals surface area contributed by atoms with Gasteiger partial charge in [-0.1, -0.05) is 11.3 Å². The van der Waals surface area contributed by atoms with Gasteiger partial charge in [-0.05, 0) is 17.7 Å². The molecule has 7 nitrogen and oxygen atoms in total. The number of aromatic nitrogens is 3. The largest absolute Gasteiger partial charge is 0.466 e. The summed E-state index contributed by atoms with van der Waals surface area (Å²) in [6, 6.07) is 3.11. The Bertz CT molecular complexity index is 718. The number of rotatable bonds is 6. The molecule has 122 valence electrons. The van der Waals surface area contributed by atoms with Crippen molar-refractivity contribution in [3.05, 3.63) is 53.4 Å². The van der Waals surface area contributed by atoms with Crippen LogP contribution in [0.15, 0.2) is 30.5 Å². The molecule has 9 heteroatoms. The fourth-order valence-electron chi connectivity index (χ4n) is 1.67. The SMILES string of the molecule is COC(=O)/C=C/n1cc(CNC(O)c2ccc(F)c(F)c2)nn1. The van der Waals surface area contributed by atoms with Crippen molar-refractivity contribution in [2.24, 2.45) is 0 Å². The summed E-state index contributed by atoms with van der Waals surface area (Å²) >= 11 is 0. The summed E-state index contributed by atoms with van der Waals surface area (Å²) in [6.45, 7) is 0.131. The molecule has 0 fully saturated rings. The van der Waals surface area contributed by atoms with E-state index in [1.807, 2.05) is 0 Å². The summed E-state index contributed by atoms with van der Waals surface area (Å²) in [5, 5.41) is 20.1. The first-order valence-corrected chi connectivity index (χ1v) is 6.53. The van der Waals surface area contributed by atoms with Crippen molar-refractivity contribution < 1.29 is 23.4 Å². The van der Waals surface area contributed by atoms with Crippen molar-refractivity contribution in [3.63, 3.8) is 0 Å². The predicted molar refractivity (Wildman–Crippen MR) is 75.5 cm³/mol. The van der Waals surface area contributed by atoms with E-state index in [0.717, 1.165) is 12.1 Å². The zero-order valence-corrected chi connectivity index (χ0v) is 12.1. The topological polar surface area (TPSA) is 89.3 Å². The van der Waals surface area contributed by atoms with E-state index in [0.29, 0.717) is 5.69 Å². The molecule has 2 N–H and O–H groups in total. The minimum atomic E-state index is -1.19. The first-order valence-electron chi connectivity index (χ1n) is 6.53. The Morgan fingerprint density at radius 1 is 1.48 bits per heavy atom. The number of hydrogen-bond acceptors (Lipinski definition) is 6. The minimum absolute atomic E-state index is 0.131. The van der Waals surface area contributed by atoms with E-state index in [1.165, 1.54) is 36.3 Å². The number of nitrogens with zero attached hydrogens (tertiary/aromatic N) is 3. The Balaban J connectivity index is 1.93. The van der Waals surface area contributed by atoms with E-state index in [4.69, 9.17) is 0 Å².